The zero-order chi connectivity index (χ0) is 12.1. The van der Waals surface area contributed by atoms with Gasteiger partial charge in [-0.15, -0.1) is 0 Å². The van der Waals surface area contributed by atoms with Crippen molar-refractivity contribution in [2.24, 2.45) is 0 Å². The second-order valence-electron chi connectivity index (χ2n) is 3.29. The van der Waals surface area contributed by atoms with Crippen LogP contribution < -0.4 is 4.74 Å². The van der Waals surface area contributed by atoms with Gasteiger partial charge < -0.3 is 4.74 Å². The minimum atomic E-state index is 0.347. The lowest BCUT2D eigenvalue weighted by molar-refractivity contribution is 0.303. The van der Waals surface area contributed by atoms with E-state index in [1.165, 1.54) is 11.8 Å². The van der Waals surface area contributed by atoms with E-state index in [-0.39, 0.29) is 0 Å². The van der Waals surface area contributed by atoms with Crippen LogP contribution in [0.1, 0.15) is 5.56 Å². The largest absolute Gasteiger partial charge is 0.484 e. The zero-order valence-electron chi connectivity index (χ0n) is 9.26. The van der Waals surface area contributed by atoms with Gasteiger partial charge >= 0.3 is 0 Å². The maximum absolute atomic E-state index is 5.98. The molecular formula is C12H11ClN2OS. The number of rotatable bonds is 4. The Balaban J connectivity index is 2.04. The van der Waals surface area contributed by atoms with E-state index in [4.69, 9.17) is 16.3 Å². The van der Waals surface area contributed by atoms with E-state index in [1.54, 1.807) is 6.20 Å². The first-order valence-corrected chi connectivity index (χ1v) is 6.63. The van der Waals surface area contributed by atoms with E-state index in [9.17, 15) is 0 Å². The Kier molecular flexibility index (Phi) is 4.23. The summed E-state index contributed by atoms with van der Waals surface area (Å²) in [6, 6.07) is 9.88. The number of aromatic nitrogens is 2. The molecule has 0 atom stereocenters. The topological polar surface area (TPSA) is 35.0 Å². The summed E-state index contributed by atoms with van der Waals surface area (Å²) in [5.41, 5.74) is 1.08. The number of hydrogen-bond acceptors (Lipinski definition) is 4. The third-order valence-electron chi connectivity index (χ3n) is 2.11. The maximum atomic E-state index is 5.98. The number of thioether (sulfide) groups is 1. The summed E-state index contributed by atoms with van der Waals surface area (Å²) in [6.45, 7) is 0.461. The highest BCUT2D eigenvalue weighted by molar-refractivity contribution is 7.98. The van der Waals surface area contributed by atoms with Crippen molar-refractivity contribution in [3.8, 4) is 5.75 Å². The van der Waals surface area contributed by atoms with E-state index in [0.29, 0.717) is 22.7 Å². The molecule has 0 bridgehead atoms. The molecule has 0 radical (unpaired) electrons. The molecule has 17 heavy (non-hydrogen) atoms. The molecular weight excluding hydrogens is 256 g/mol. The Bertz CT molecular complexity index is 493. The predicted octanol–water partition coefficient (Wildman–Crippen LogP) is 3.43. The summed E-state index contributed by atoms with van der Waals surface area (Å²) < 4.78 is 5.56. The quantitative estimate of drug-likeness (QED) is 0.482. The molecule has 0 unspecified atom stereocenters. The van der Waals surface area contributed by atoms with Gasteiger partial charge in [0.25, 0.3) is 0 Å². The number of benzene rings is 1. The van der Waals surface area contributed by atoms with E-state index in [2.05, 4.69) is 9.97 Å². The average molecular weight is 267 g/mol. The number of halogens is 1. The van der Waals surface area contributed by atoms with Crippen LogP contribution in [0, 0.1) is 0 Å². The first-order valence-electron chi connectivity index (χ1n) is 5.03. The van der Waals surface area contributed by atoms with Crippen molar-refractivity contribution in [1.29, 1.82) is 0 Å². The highest BCUT2D eigenvalue weighted by Gasteiger charge is 2.05. The van der Waals surface area contributed by atoms with Crippen molar-refractivity contribution in [3.05, 3.63) is 47.2 Å². The van der Waals surface area contributed by atoms with Crippen molar-refractivity contribution in [2.45, 2.75) is 11.8 Å². The fourth-order valence-electron chi connectivity index (χ4n) is 1.27. The Labute approximate surface area is 109 Å². The van der Waals surface area contributed by atoms with Crippen LogP contribution in [-0.2, 0) is 6.61 Å². The minimum absolute atomic E-state index is 0.347. The molecule has 5 heteroatoms. The van der Waals surface area contributed by atoms with E-state index >= 15 is 0 Å². The summed E-state index contributed by atoms with van der Waals surface area (Å²) in [5, 5.41) is 0.988. The summed E-state index contributed by atoms with van der Waals surface area (Å²) in [5.74, 6) is 0.508. The van der Waals surface area contributed by atoms with Gasteiger partial charge in [-0.2, -0.15) is 0 Å². The number of nitrogens with zero attached hydrogens (tertiary/aromatic N) is 2. The van der Waals surface area contributed by atoms with Crippen LogP contribution in [0.5, 0.6) is 5.75 Å². The molecule has 88 valence electrons. The third kappa shape index (κ3) is 3.35. The molecule has 2 rings (SSSR count). The van der Waals surface area contributed by atoms with Gasteiger partial charge in [-0.25, -0.2) is 9.97 Å². The van der Waals surface area contributed by atoms with E-state index in [0.717, 1.165) is 5.56 Å². The van der Waals surface area contributed by atoms with Gasteiger partial charge in [-0.1, -0.05) is 53.7 Å². The molecule has 0 saturated heterocycles. The SMILES string of the molecule is CSc1ncc(OCc2ccccc2)c(Cl)n1. The van der Waals surface area contributed by atoms with Crippen LogP contribution in [0.4, 0.5) is 0 Å². The van der Waals surface area contributed by atoms with Gasteiger partial charge in [-0.05, 0) is 11.8 Å². The van der Waals surface area contributed by atoms with Gasteiger partial charge in [0.05, 0.1) is 6.20 Å². The molecule has 1 aromatic carbocycles. The van der Waals surface area contributed by atoms with Crippen LogP contribution >= 0.6 is 23.4 Å². The Morgan fingerprint density at radius 3 is 2.71 bits per heavy atom. The summed E-state index contributed by atoms with van der Waals surface area (Å²) in [4.78, 5) is 8.21. The lowest BCUT2D eigenvalue weighted by Gasteiger charge is -2.07. The van der Waals surface area contributed by atoms with Crippen LogP contribution in [-0.4, -0.2) is 16.2 Å². The highest BCUT2D eigenvalue weighted by atomic mass is 35.5. The maximum Gasteiger partial charge on any atom is 0.188 e. The van der Waals surface area contributed by atoms with Gasteiger partial charge in [0, 0.05) is 0 Å². The van der Waals surface area contributed by atoms with Crippen LogP contribution in [0.2, 0.25) is 5.15 Å². The minimum Gasteiger partial charge on any atom is -0.484 e. The molecule has 0 N–H and O–H groups in total. The van der Waals surface area contributed by atoms with Gasteiger partial charge in [0.1, 0.15) is 6.61 Å². The molecule has 1 heterocycles. The van der Waals surface area contributed by atoms with Crippen molar-refractivity contribution < 1.29 is 4.74 Å². The second-order valence-corrected chi connectivity index (χ2v) is 4.42. The molecule has 0 amide bonds. The number of hydrogen-bond donors (Lipinski definition) is 0. The van der Waals surface area contributed by atoms with E-state index in [1.807, 2.05) is 36.6 Å². The van der Waals surface area contributed by atoms with Crippen LogP contribution in [0.3, 0.4) is 0 Å². The predicted molar refractivity (Wildman–Crippen MR) is 69.6 cm³/mol. The zero-order valence-corrected chi connectivity index (χ0v) is 10.8. The lowest BCUT2D eigenvalue weighted by atomic mass is 10.2. The molecule has 1 aromatic heterocycles. The molecule has 0 spiro atoms. The Hall–Kier alpha value is -1.26. The average Bonchev–Trinajstić information content (AvgIpc) is 2.38. The Morgan fingerprint density at radius 1 is 1.29 bits per heavy atom. The van der Waals surface area contributed by atoms with Gasteiger partial charge in [-0.3, -0.25) is 0 Å². The van der Waals surface area contributed by atoms with Crippen molar-refractivity contribution >= 4 is 23.4 Å². The molecule has 0 aliphatic carbocycles. The molecule has 0 fully saturated rings. The molecule has 2 aromatic rings. The fraction of sp³-hybridized carbons (Fsp3) is 0.167. The normalized spacial score (nSPS) is 10.2. The molecule has 3 nitrogen and oxygen atoms in total. The van der Waals surface area contributed by atoms with E-state index < -0.39 is 0 Å². The Morgan fingerprint density at radius 2 is 2.06 bits per heavy atom. The van der Waals surface area contributed by atoms with Crippen LogP contribution in [0.25, 0.3) is 0 Å². The summed E-state index contributed by atoms with van der Waals surface area (Å²) in [6.07, 6.45) is 3.50. The lowest BCUT2D eigenvalue weighted by Crippen LogP contribution is -1.98. The van der Waals surface area contributed by atoms with Crippen molar-refractivity contribution in [3.63, 3.8) is 0 Å². The second kappa shape index (κ2) is 5.89. The third-order valence-corrected chi connectivity index (χ3v) is 2.94. The van der Waals surface area contributed by atoms with Crippen molar-refractivity contribution in [2.75, 3.05) is 6.26 Å². The van der Waals surface area contributed by atoms with Crippen molar-refractivity contribution in [1.82, 2.24) is 9.97 Å². The summed E-state index contributed by atoms with van der Waals surface area (Å²) in [7, 11) is 0. The highest BCUT2D eigenvalue weighted by Crippen LogP contribution is 2.23. The standard InChI is InChI=1S/C12H11ClN2OS/c1-17-12-14-7-10(11(13)15-12)16-8-9-5-3-2-4-6-9/h2-7H,8H2,1H3. The smallest absolute Gasteiger partial charge is 0.188 e. The summed E-state index contributed by atoms with van der Waals surface area (Å²) >= 11 is 7.43. The molecule has 0 saturated carbocycles. The monoisotopic (exact) mass is 266 g/mol. The fourth-order valence-corrected chi connectivity index (χ4v) is 1.84. The molecule has 0 aliphatic heterocycles. The molecule has 0 aliphatic rings. The van der Waals surface area contributed by atoms with Crippen LogP contribution in [0.15, 0.2) is 41.7 Å². The first kappa shape index (κ1) is 12.2. The van der Waals surface area contributed by atoms with Gasteiger partial charge in [0.2, 0.25) is 0 Å². The van der Waals surface area contributed by atoms with Gasteiger partial charge in [0.15, 0.2) is 16.1 Å². The first-order chi connectivity index (χ1) is 8.29. The number of ether oxygens (including phenoxy) is 1.